The van der Waals surface area contributed by atoms with E-state index >= 15 is 0 Å². The maximum atomic E-state index is 12.0. The average Bonchev–Trinajstić information content (AvgIpc) is 2.88. The summed E-state index contributed by atoms with van der Waals surface area (Å²) in [5.41, 5.74) is 3.28. The highest BCUT2D eigenvalue weighted by molar-refractivity contribution is 5.78. The molecule has 0 radical (unpaired) electrons. The number of aliphatic hydroxyl groups is 1. The van der Waals surface area contributed by atoms with Gasteiger partial charge in [-0.15, -0.1) is 0 Å². The Labute approximate surface area is 136 Å². The van der Waals surface area contributed by atoms with E-state index in [0.29, 0.717) is 13.0 Å². The molecule has 0 aliphatic heterocycles. The highest BCUT2D eigenvalue weighted by Gasteiger charge is 2.31. The molecule has 1 amide bonds. The molecule has 3 rings (SSSR count). The first kappa shape index (κ1) is 15.7. The molecule has 0 aromatic heterocycles. The lowest BCUT2D eigenvalue weighted by Gasteiger charge is -2.18. The van der Waals surface area contributed by atoms with Crippen molar-refractivity contribution in [2.24, 2.45) is 0 Å². The Hall–Kier alpha value is -2.17. The fourth-order valence-electron chi connectivity index (χ4n) is 2.96. The predicted octanol–water partition coefficient (Wildman–Crippen LogP) is 2.02. The molecule has 0 saturated heterocycles. The Morgan fingerprint density at radius 2 is 1.87 bits per heavy atom. The Morgan fingerprint density at radius 1 is 1.13 bits per heavy atom. The standard InChI is InChI=1S/C19H21NO3/c21-17-12-15-8-4-5-9-16(15)19(17)20-18(22)13-23-11-10-14-6-2-1-3-7-14/h1-9,17,19,21H,10-13H2,(H,20,22). The fraction of sp³-hybridized carbons (Fsp3) is 0.316. The zero-order chi connectivity index (χ0) is 16.1. The summed E-state index contributed by atoms with van der Waals surface area (Å²) < 4.78 is 5.44. The van der Waals surface area contributed by atoms with Crippen molar-refractivity contribution in [3.05, 3.63) is 71.3 Å². The molecule has 2 N–H and O–H groups in total. The first-order valence-corrected chi connectivity index (χ1v) is 7.91. The molecule has 120 valence electrons. The van der Waals surface area contributed by atoms with Crippen LogP contribution in [0.3, 0.4) is 0 Å². The zero-order valence-electron chi connectivity index (χ0n) is 12.9. The molecule has 0 saturated carbocycles. The van der Waals surface area contributed by atoms with Gasteiger partial charge in [0, 0.05) is 6.42 Å². The summed E-state index contributed by atoms with van der Waals surface area (Å²) in [7, 11) is 0. The molecule has 4 heteroatoms. The van der Waals surface area contributed by atoms with Gasteiger partial charge in [0.05, 0.1) is 18.8 Å². The van der Waals surface area contributed by atoms with E-state index in [1.54, 1.807) is 0 Å². The molecule has 2 aromatic carbocycles. The van der Waals surface area contributed by atoms with Crippen LogP contribution in [0.15, 0.2) is 54.6 Å². The zero-order valence-corrected chi connectivity index (χ0v) is 12.9. The van der Waals surface area contributed by atoms with Crippen LogP contribution in [0.4, 0.5) is 0 Å². The summed E-state index contributed by atoms with van der Waals surface area (Å²) >= 11 is 0. The van der Waals surface area contributed by atoms with Crippen molar-refractivity contribution in [3.8, 4) is 0 Å². The molecule has 0 bridgehead atoms. The average molecular weight is 311 g/mol. The van der Waals surface area contributed by atoms with Crippen LogP contribution in [0.2, 0.25) is 0 Å². The third kappa shape index (κ3) is 3.97. The smallest absolute Gasteiger partial charge is 0.246 e. The number of fused-ring (bicyclic) bond motifs is 1. The van der Waals surface area contributed by atoms with Crippen molar-refractivity contribution in [2.75, 3.05) is 13.2 Å². The second kappa shape index (κ2) is 7.40. The summed E-state index contributed by atoms with van der Waals surface area (Å²) in [5, 5.41) is 13.0. The van der Waals surface area contributed by atoms with Crippen molar-refractivity contribution in [2.45, 2.75) is 25.0 Å². The highest BCUT2D eigenvalue weighted by atomic mass is 16.5. The molecule has 1 aliphatic carbocycles. The Kier molecular flexibility index (Phi) is 5.05. The Morgan fingerprint density at radius 3 is 2.70 bits per heavy atom. The maximum Gasteiger partial charge on any atom is 0.246 e. The van der Waals surface area contributed by atoms with E-state index in [1.807, 2.05) is 54.6 Å². The summed E-state index contributed by atoms with van der Waals surface area (Å²) in [6, 6.07) is 17.5. The van der Waals surface area contributed by atoms with Crippen LogP contribution in [0, 0.1) is 0 Å². The van der Waals surface area contributed by atoms with Crippen LogP contribution < -0.4 is 5.32 Å². The summed E-state index contributed by atoms with van der Waals surface area (Å²) in [6.45, 7) is 0.513. The van der Waals surface area contributed by atoms with Gasteiger partial charge in [0.25, 0.3) is 0 Å². The van der Waals surface area contributed by atoms with E-state index in [0.717, 1.165) is 17.5 Å². The fourth-order valence-corrected chi connectivity index (χ4v) is 2.96. The van der Waals surface area contributed by atoms with Crippen LogP contribution in [-0.4, -0.2) is 30.3 Å². The SMILES string of the molecule is O=C(COCCc1ccccc1)NC1c2ccccc2CC1O. The lowest BCUT2D eigenvalue weighted by molar-refractivity contribution is -0.127. The van der Waals surface area contributed by atoms with Crippen molar-refractivity contribution in [1.29, 1.82) is 0 Å². The molecule has 2 atom stereocenters. The first-order chi connectivity index (χ1) is 11.2. The van der Waals surface area contributed by atoms with E-state index < -0.39 is 6.10 Å². The Balaban J connectivity index is 1.45. The molecule has 2 aromatic rings. The molecule has 0 heterocycles. The van der Waals surface area contributed by atoms with Crippen LogP contribution in [-0.2, 0) is 22.4 Å². The van der Waals surface area contributed by atoms with Crippen LogP contribution >= 0.6 is 0 Å². The summed E-state index contributed by atoms with van der Waals surface area (Å²) in [4.78, 5) is 12.0. The predicted molar refractivity (Wildman–Crippen MR) is 88.0 cm³/mol. The van der Waals surface area contributed by atoms with E-state index in [2.05, 4.69) is 5.32 Å². The number of carbonyl (C=O) groups excluding carboxylic acids is 1. The van der Waals surface area contributed by atoms with E-state index in [1.165, 1.54) is 5.56 Å². The maximum absolute atomic E-state index is 12.0. The minimum absolute atomic E-state index is 0.0121. The number of carbonyl (C=O) groups is 1. The number of ether oxygens (including phenoxy) is 1. The molecule has 23 heavy (non-hydrogen) atoms. The molecule has 0 fully saturated rings. The third-order valence-corrected chi connectivity index (χ3v) is 4.13. The van der Waals surface area contributed by atoms with Gasteiger partial charge < -0.3 is 15.2 Å². The van der Waals surface area contributed by atoms with Gasteiger partial charge in [-0.1, -0.05) is 54.6 Å². The molecule has 0 spiro atoms. The topological polar surface area (TPSA) is 58.6 Å². The lowest BCUT2D eigenvalue weighted by atomic mass is 10.1. The van der Waals surface area contributed by atoms with Crippen molar-refractivity contribution < 1.29 is 14.6 Å². The molecule has 2 unspecified atom stereocenters. The number of hydrogen-bond acceptors (Lipinski definition) is 3. The van der Waals surface area contributed by atoms with Crippen molar-refractivity contribution >= 4 is 5.91 Å². The number of benzene rings is 2. The first-order valence-electron chi connectivity index (χ1n) is 7.91. The second-order valence-corrected chi connectivity index (χ2v) is 5.80. The minimum Gasteiger partial charge on any atom is -0.390 e. The van der Waals surface area contributed by atoms with Crippen LogP contribution in [0.5, 0.6) is 0 Å². The van der Waals surface area contributed by atoms with Gasteiger partial charge in [-0.2, -0.15) is 0 Å². The number of aliphatic hydroxyl groups excluding tert-OH is 1. The molecule has 4 nitrogen and oxygen atoms in total. The van der Waals surface area contributed by atoms with Gasteiger partial charge in [-0.25, -0.2) is 0 Å². The van der Waals surface area contributed by atoms with Gasteiger partial charge in [0.2, 0.25) is 5.91 Å². The highest BCUT2D eigenvalue weighted by Crippen LogP contribution is 2.31. The summed E-state index contributed by atoms with van der Waals surface area (Å²) in [5.74, 6) is -0.196. The number of amides is 1. The van der Waals surface area contributed by atoms with Gasteiger partial charge >= 0.3 is 0 Å². The number of hydrogen-bond donors (Lipinski definition) is 2. The van der Waals surface area contributed by atoms with E-state index in [9.17, 15) is 9.90 Å². The van der Waals surface area contributed by atoms with Crippen molar-refractivity contribution in [3.63, 3.8) is 0 Å². The normalized spacial score (nSPS) is 19.3. The van der Waals surface area contributed by atoms with Crippen LogP contribution in [0.25, 0.3) is 0 Å². The molecule has 1 aliphatic rings. The van der Waals surface area contributed by atoms with Gasteiger partial charge in [-0.05, 0) is 23.1 Å². The number of nitrogens with one attached hydrogen (secondary N) is 1. The largest absolute Gasteiger partial charge is 0.390 e. The monoisotopic (exact) mass is 311 g/mol. The van der Waals surface area contributed by atoms with Gasteiger partial charge in [0.1, 0.15) is 6.61 Å². The second-order valence-electron chi connectivity index (χ2n) is 5.80. The minimum atomic E-state index is -0.569. The van der Waals surface area contributed by atoms with Gasteiger partial charge in [0.15, 0.2) is 0 Å². The molecular formula is C19H21NO3. The van der Waals surface area contributed by atoms with Gasteiger partial charge in [-0.3, -0.25) is 4.79 Å². The number of rotatable bonds is 6. The molecular weight excluding hydrogens is 290 g/mol. The quantitative estimate of drug-likeness (QED) is 0.803. The lowest BCUT2D eigenvalue weighted by Crippen LogP contribution is -2.36. The van der Waals surface area contributed by atoms with E-state index in [-0.39, 0.29) is 18.6 Å². The van der Waals surface area contributed by atoms with Crippen LogP contribution in [0.1, 0.15) is 22.7 Å². The summed E-state index contributed by atoms with van der Waals surface area (Å²) in [6.07, 6.45) is 0.791. The van der Waals surface area contributed by atoms with Crippen molar-refractivity contribution in [1.82, 2.24) is 5.32 Å². The Bertz CT molecular complexity index is 657. The third-order valence-electron chi connectivity index (χ3n) is 4.13. The van der Waals surface area contributed by atoms with E-state index in [4.69, 9.17) is 4.74 Å².